The third kappa shape index (κ3) is 1.60. The molecule has 0 aromatic rings. The van der Waals surface area contributed by atoms with E-state index in [4.69, 9.17) is 0 Å². The quantitative estimate of drug-likeness (QED) is 0.509. The number of rotatable bonds is 2. The van der Waals surface area contributed by atoms with E-state index >= 15 is 0 Å². The summed E-state index contributed by atoms with van der Waals surface area (Å²) in [5.41, 5.74) is 2.79. The highest BCUT2D eigenvalue weighted by Gasteiger charge is 2.09. The van der Waals surface area contributed by atoms with Crippen molar-refractivity contribution in [3.8, 4) is 0 Å². The first-order chi connectivity index (χ1) is 4.84. The SMILES string of the molecule is C=CC/C=C1/CCCC1=C. The molecule has 0 N–H and O–H groups in total. The second kappa shape index (κ2) is 3.40. The molecule has 1 fully saturated rings. The van der Waals surface area contributed by atoms with Crippen molar-refractivity contribution in [2.24, 2.45) is 0 Å². The second-order valence-electron chi connectivity index (χ2n) is 2.71. The monoisotopic (exact) mass is 134 g/mol. The Kier molecular flexibility index (Phi) is 2.49. The second-order valence-corrected chi connectivity index (χ2v) is 2.71. The fraction of sp³-hybridized carbons (Fsp3) is 0.400. The first-order valence-corrected chi connectivity index (χ1v) is 3.82. The van der Waals surface area contributed by atoms with Gasteiger partial charge in [0.2, 0.25) is 0 Å². The fourth-order valence-corrected chi connectivity index (χ4v) is 1.30. The Morgan fingerprint density at radius 1 is 1.40 bits per heavy atom. The predicted octanol–water partition coefficient (Wildman–Crippen LogP) is 3.23. The summed E-state index contributed by atoms with van der Waals surface area (Å²) >= 11 is 0. The Bertz CT molecular complexity index is 172. The van der Waals surface area contributed by atoms with Gasteiger partial charge in [0.25, 0.3) is 0 Å². The topological polar surface area (TPSA) is 0 Å². The molecule has 1 aliphatic rings. The summed E-state index contributed by atoms with van der Waals surface area (Å²) in [5, 5.41) is 0. The molecular weight excluding hydrogens is 120 g/mol. The zero-order valence-electron chi connectivity index (χ0n) is 6.40. The van der Waals surface area contributed by atoms with Crippen molar-refractivity contribution in [2.45, 2.75) is 25.7 Å². The van der Waals surface area contributed by atoms with Gasteiger partial charge in [-0.3, -0.25) is 0 Å². The zero-order chi connectivity index (χ0) is 7.40. The van der Waals surface area contributed by atoms with Crippen LogP contribution in [-0.2, 0) is 0 Å². The smallest absolute Gasteiger partial charge is 0.0166 e. The maximum absolute atomic E-state index is 3.99. The van der Waals surface area contributed by atoms with E-state index < -0.39 is 0 Å². The van der Waals surface area contributed by atoms with Gasteiger partial charge in [0.15, 0.2) is 0 Å². The fourth-order valence-electron chi connectivity index (χ4n) is 1.30. The summed E-state index contributed by atoms with van der Waals surface area (Å²) in [6.45, 7) is 7.66. The van der Waals surface area contributed by atoms with Crippen LogP contribution in [0.2, 0.25) is 0 Å². The molecule has 54 valence electrons. The summed E-state index contributed by atoms with van der Waals surface area (Å²) in [4.78, 5) is 0. The van der Waals surface area contributed by atoms with Crippen molar-refractivity contribution in [1.82, 2.24) is 0 Å². The van der Waals surface area contributed by atoms with Gasteiger partial charge in [0.1, 0.15) is 0 Å². The first kappa shape index (κ1) is 7.33. The van der Waals surface area contributed by atoms with Crippen molar-refractivity contribution in [3.63, 3.8) is 0 Å². The van der Waals surface area contributed by atoms with Crippen LogP contribution in [0.15, 0.2) is 36.5 Å². The van der Waals surface area contributed by atoms with E-state index in [9.17, 15) is 0 Å². The maximum atomic E-state index is 3.99. The normalized spacial score (nSPS) is 22.0. The summed E-state index contributed by atoms with van der Waals surface area (Å²) in [7, 11) is 0. The summed E-state index contributed by atoms with van der Waals surface area (Å²) in [5.74, 6) is 0. The molecule has 0 heteroatoms. The van der Waals surface area contributed by atoms with E-state index in [-0.39, 0.29) is 0 Å². The lowest BCUT2D eigenvalue weighted by Gasteiger charge is -1.94. The van der Waals surface area contributed by atoms with Crippen LogP contribution in [-0.4, -0.2) is 0 Å². The van der Waals surface area contributed by atoms with E-state index in [2.05, 4.69) is 19.2 Å². The van der Waals surface area contributed by atoms with Crippen LogP contribution in [0.25, 0.3) is 0 Å². The molecule has 0 amide bonds. The lowest BCUT2D eigenvalue weighted by molar-refractivity contribution is 0.932. The highest BCUT2D eigenvalue weighted by atomic mass is 14.1. The Morgan fingerprint density at radius 2 is 2.20 bits per heavy atom. The van der Waals surface area contributed by atoms with Crippen molar-refractivity contribution >= 4 is 0 Å². The van der Waals surface area contributed by atoms with Gasteiger partial charge in [-0.05, 0) is 31.3 Å². The predicted molar refractivity (Wildman–Crippen MR) is 45.9 cm³/mol. The molecule has 0 radical (unpaired) electrons. The zero-order valence-corrected chi connectivity index (χ0v) is 6.40. The minimum Gasteiger partial charge on any atom is -0.103 e. The van der Waals surface area contributed by atoms with Gasteiger partial charge in [-0.1, -0.05) is 24.3 Å². The van der Waals surface area contributed by atoms with Gasteiger partial charge in [0.05, 0.1) is 0 Å². The highest BCUT2D eigenvalue weighted by molar-refractivity contribution is 5.32. The van der Waals surface area contributed by atoms with E-state index in [0.717, 1.165) is 6.42 Å². The largest absolute Gasteiger partial charge is 0.103 e. The lowest BCUT2D eigenvalue weighted by atomic mass is 10.1. The summed E-state index contributed by atoms with van der Waals surface area (Å²) < 4.78 is 0. The highest BCUT2D eigenvalue weighted by Crippen LogP contribution is 2.28. The average molecular weight is 134 g/mol. The average Bonchev–Trinajstić information content (AvgIpc) is 2.31. The minimum absolute atomic E-state index is 0.994. The van der Waals surface area contributed by atoms with E-state index in [0.29, 0.717) is 0 Å². The molecule has 0 aromatic heterocycles. The van der Waals surface area contributed by atoms with Crippen LogP contribution in [0.4, 0.5) is 0 Å². The lowest BCUT2D eigenvalue weighted by Crippen LogP contribution is -1.74. The van der Waals surface area contributed by atoms with Crippen LogP contribution >= 0.6 is 0 Å². The van der Waals surface area contributed by atoms with E-state index in [1.54, 1.807) is 0 Å². The molecule has 0 saturated heterocycles. The molecule has 0 aromatic carbocycles. The van der Waals surface area contributed by atoms with Crippen LogP contribution in [0.1, 0.15) is 25.7 Å². The summed E-state index contributed by atoms with van der Waals surface area (Å²) in [6, 6.07) is 0. The van der Waals surface area contributed by atoms with Crippen molar-refractivity contribution in [3.05, 3.63) is 36.5 Å². The molecule has 1 rings (SSSR count). The molecule has 1 aliphatic carbocycles. The third-order valence-electron chi connectivity index (χ3n) is 1.91. The molecular formula is C10H14. The molecule has 0 atom stereocenters. The van der Waals surface area contributed by atoms with Gasteiger partial charge in [-0.25, -0.2) is 0 Å². The van der Waals surface area contributed by atoms with E-state index in [1.165, 1.54) is 30.4 Å². The number of hydrogen-bond acceptors (Lipinski definition) is 0. The van der Waals surface area contributed by atoms with Gasteiger partial charge >= 0.3 is 0 Å². The number of hydrogen-bond donors (Lipinski definition) is 0. The Balaban J connectivity index is 2.53. The van der Waals surface area contributed by atoms with Gasteiger partial charge in [-0.15, -0.1) is 6.58 Å². The van der Waals surface area contributed by atoms with Crippen LogP contribution in [0, 0.1) is 0 Å². The van der Waals surface area contributed by atoms with Gasteiger partial charge in [0, 0.05) is 0 Å². The van der Waals surface area contributed by atoms with Crippen LogP contribution in [0.5, 0.6) is 0 Å². The molecule has 0 unspecified atom stereocenters. The van der Waals surface area contributed by atoms with Crippen molar-refractivity contribution in [1.29, 1.82) is 0 Å². The molecule has 0 bridgehead atoms. The standard InChI is InChI=1S/C10H14/c1-3-4-7-10-8-5-6-9(10)2/h3,7H,1-2,4-6,8H2/b10-7-. The number of allylic oxidation sites excluding steroid dienone is 4. The maximum Gasteiger partial charge on any atom is -0.0166 e. The molecule has 10 heavy (non-hydrogen) atoms. The molecule has 1 saturated carbocycles. The van der Waals surface area contributed by atoms with Crippen LogP contribution < -0.4 is 0 Å². The summed E-state index contributed by atoms with van der Waals surface area (Å²) in [6.07, 6.45) is 8.88. The Labute approximate surface area is 62.9 Å². The molecule has 0 aliphatic heterocycles. The Morgan fingerprint density at radius 3 is 2.70 bits per heavy atom. The third-order valence-corrected chi connectivity index (χ3v) is 1.91. The van der Waals surface area contributed by atoms with Crippen LogP contribution in [0.3, 0.4) is 0 Å². The molecule has 0 spiro atoms. The minimum atomic E-state index is 0.994. The van der Waals surface area contributed by atoms with E-state index in [1.807, 2.05) is 6.08 Å². The van der Waals surface area contributed by atoms with Gasteiger partial charge < -0.3 is 0 Å². The molecule has 0 heterocycles. The van der Waals surface area contributed by atoms with Crippen molar-refractivity contribution < 1.29 is 0 Å². The first-order valence-electron chi connectivity index (χ1n) is 3.82. The molecule has 0 nitrogen and oxygen atoms in total. The van der Waals surface area contributed by atoms with Gasteiger partial charge in [-0.2, -0.15) is 0 Å². The van der Waals surface area contributed by atoms with Crippen molar-refractivity contribution in [2.75, 3.05) is 0 Å². The Hall–Kier alpha value is -0.780.